The zero-order valence-corrected chi connectivity index (χ0v) is 73.2. The second kappa shape index (κ2) is 39.8. The van der Waals surface area contributed by atoms with Crippen LogP contribution in [0.25, 0.3) is 0 Å². The molecular weight excluding hydrogens is 2180 g/mol. The Morgan fingerprint density at radius 3 is 0.457 bits per heavy atom. The first-order chi connectivity index (χ1) is 62.0. The molecule has 0 aliphatic rings. The summed E-state index contributed by atoms with van der Waals surface area (Å²) >= 11 is 0. The van der Waals surface area contributed by atoms with E-state index in [-0.39, 0.29) is 72.8 Å². The minimum absolute atomic E-state index is 0.0101. The van der Waals surface area contributed by atoms with Crippen molar-refractivity contribution in [2.45, 2.75) is 119 Å². The van der Waals surface area contributed by atoms with Gasteiger partial charge in [-0.2, -0.15) is 191 Å². The Kier molecular flexibility index (Phi) is 32.9. The molecule has 2 atom stereocenters. The Morgan fingerprint density at radius 1 is 0.210 bits per heavy atom. The average molecular weight is 2220 g/mol. The third-order valence-corrected chi connectivity index (χ3v) is 31.8. The maximum Gasteiger partial charge on any atom is 0.454 e. The molecular formula is C72H40F32O24S10. The van der Waals surface area contributed by atoms with Gasteiger partial charge in [-0.25, -0.2) is 16.8 Å². The molecule has 10 aromatic rings. The van der Waals surface area contributed by atoms with Gasteiger partial charge in [-0.3, -0.25) is 9.11 Å². The molecule has 2 unspecified atom stereocenters. The summed E-state index contributed by atoms with van der Waals surface area (Å²) in [7, 11) is -50.7. The molecule has 0 bridgehead atoms. The topological polar surface area (TPSA) is 397 Å². The lowest BCUT2D eigenvalue weighted by Crippen LogP contribution is -2.53. The second-order valence-corrected chi connectivity index (χ2v) is 42.9. The highest BCUT2D eigenvalue weighted by atomic mass is 32.3. The van der Waals surface area contributed by atoms with Crippen molar-refractivity contribution >= 4 is 103 Å². The predicted octanol–water partition coefficient (Wildman–Crippen LogP) is 20.0. The van der Waals surface area contributed by atoms with Crippen LogP contribution in [0.4, 0.5) is 140 Å². The normalized spacial score (nSPS) is 14.4. The molecule has 0 radical (unpaired) electrons. The fourth-order valence-corrected chi connectivity index (χ4v) is 21.6. The van der Waals surface area contributed by atoms with E-state index in [0.29, 0.717) is 29.4 Å². The van der Waals surface area contributed by atoms with E-state index in [0.717, 1.165) is 48.5 Å². The Labute approximate surface area is 758 Å². The Hall–Kier alpha value is -10.7. The van der Waals surface area contributed by atoms with Gasteiger partial charge in [0.05, 0.1) is 66.3 Å². The van der Waals surface area contributed by atoms with Crippen LogP contribution >= 0.6 is 0 Å². The van der Waals surface area contributed by atoms with E-state index in [1.54, 1.807) is 60.7 Å². The quantitative estimate of drug-likeness (QED) is 0.0275. The minimum Gasteiger partial charge on any atom is -0.744 e. The number of rotatable bonds is 22. The largest absolute Gasteiger partial charge is 0.744 e. The van der Waals surface area contributed by atoms with Crippen molar-refractivity contribution in [2.75, 3.05) is 0 Å². The summed E-state index contributed by atoms with van der Waals surface area (Å²) < 4.78 is 637. The lowest BCUT2D eigenvalue weighted by molar-refractivity contribution is -0.174. The molecule has 0 spiro atoms. The molecule has 0 aliphatic carbocycles. The van der Waals surface area contributed by atoms with Crippen molar-refractivity contribution in [3.05, 3.63) is 275 Å². The molecule has 0 heterocycles. The van der Waals surface area contributed by atoms with E-state index in [9.17, 15) is 217 Å². The summed E-state index contributed by atoms with van der Waals surface area (Å²) in [6, 6.07) is 34.7. The number of halogens is 32. The highest BCUT2D eigenvalue weighted by Gasteiger charge is 2.72. The lowest BCUT2D eigenvalue weighted by atomic mass is 10.1. The third kappa shape index (κ3) is 27.9. The van der Waals surface area contributed by atoms with Gasteiger partial charge in [0.1, 0.15) is 42.6 Å². The molecule has 0 aliphatic heterocycles. The van der Waals surface area contributed by atoms with Gasteiger partial charge in [-0.1, -0.05) is 36.4 Å². The monoisotopic (exact) mass is 2220 g/mol. The summed E-state index contributed by atoms with van der Waals surface area (Å²) in [5, 5.41) is 0. The molecule has 10 aromatic carbocycles. The summed E-state index contributed by atoms with van der Waals surface area (Å²) in [6.07, 6.45) is -55.8. The van der Waals surface area contributed by atoms with Crippen molar-refractivity contribution in [3.63, 3.8) is 0 Å². The van der Waals surface area contributed by atoms with Crippen molar-refractivity contribution in [1.29, 1.82) is 0 Å². The van der Waals surface area contributed by atoms with Crippen molar-refractivity contribution in [2.24, 2.45) is 0 Å². The van der Waals surface area contributed by atoms with Gasteiger partial charge in [0.2, 0.25) is 0 Å². The molecule has 66 heteroatoms. The van der Waals surface area contributed by atoms with E-state index in [1.807, 2.05) is 0 Å². The van der Waals surface area contributed by atoms with Crippen LogP contribution in [-0.4, -0.2) is 107 Å². The molecule has 138 heavy (non-hydrogen) atoms. The SMILES string of the molecule is O=S(=O)(Oc1ccc([S+](c2ccccc2)c2ccc(OS(=O)(=O)c3cc(C(F)(F)F)cc(C(F)(F)F)c3)cc2)cc1)c1cc(C(F)(F)F)cc(C(F)(F)F)c1.O=S(=O)(Oc1ccc([S+](c2ccccc2)c2ccc(OS(=O)(=O)c3cc(C(F)(F)F)cc(C(F)(F)F)c3)cc2)cc1)c1cc(C(F)(F)F)cc(C(F)(F)F)c1.O=S(=O)([O-])C(F)(C(F)(F)F)S(=O)(=O)O.O=S(=O)([O-])C(F)(C(F)(F)F)S(=O)(=O)O. The fraction of sp³-hybridized carbons (Fsp3) is 0.167. The molecule has 0 saturated carbocycles. The smallest absolute Gasteiger partial charge is 0.454 e. The molecule has 24 nitrogen and oxygen atoms in total. The van der Waals surface area contributed by atoms with Gasteiger partial charge >= 0.3 is 131 Å². The molecule has 0 fully saturated rings. The summed E-state index contributed by atoms with van der Waals surface area (Å²) in [5.74, 6) is -1.99. The molecule has 0 saturated heterocycles. The van der Waals surface area contributed by atoms with E-state index in [4.69, 9.17) is 25.8 Å². The molecule has 10 rings (SSSR count). The zero-order valence-electron chi connectivity index (χ0n) is 65.0. The zero-order chi connectivity index (χ0) is 106. The first-order valence-corrected chi connectivity index (χ1v) is 48.1. The predicted molar refractivity (Wildman–Crippen MR) is 402 cm³/mol. The first-order valence-electron chi connectivity index (χ1n) is 34.3. The maximum absolute atomic E-state index is 13.3. The number of alkyl halides is 32. The van der Waals surface area contributed by atoms with Gasteiger partial charge < -0.3 is 25.8 Å². The molecule has 0 amide bonds. The summed E-state index contributed by atoms with van der Waals surface area (Å²) in [4.78, 5) is -2.78. The van der Waals surface area contributed by atoms with Gasteiger partial charge in [0.25, 0.3) is 0 Å². The molecule has 2 N–H and O–H groups in total. The van der Waals surface area contributed by atoms with Crippen LogP contribution in [0.3, 0.4) is 0 Å². The standard InChI is InChI=1S/2C34H19F12O6S3.2C2H2F4O6S2/c2*35-31(36,37)20-14-21(32(38,39)40)17-29(16-20)54(47,48)51-24-6-10-27(11-7-24)53(26-4-2-1-3-5-26)28-12-8-25(9-13-28)52-55(49,50)30-18-22(33(41,42)43)15-23(19-30)34(44,45)46;2*3-1(4,5)2(6,13(7,8)9)14(10,11)12/h2*1-19H;2*(H,7,8,9)(H,10,11,12)/q2*+1;;/p-2. The van der Waals surface area contributed by atoms with Crippen LogP contribution in [0.2, 0.25) is 0 Å². The van der Waals surface area contributed by atoms with Gasteiger partial charge in [-0.05, 0) is 194 Å². The number of benzene rings is 10. The van der Waals surface area contributed by atoms with Crippen LogP contribution in [0.1, 0.15) is 44.5 Å². The lowest BCUT2D eigenvalue weighted by Gasteiger charge is -2.26. The Bertz CT molecular complexity index is 6180. The summed E-state index contributed by atoms with van der Waals surface area (Å²) in [5.41, 5.74) is -15.1. The Morgan fingerprint density at radius 2 is 0.348 bits per heavy atom. The average Bonchev–Trinajstić information content (AvgIpc) is 0.744. The van der Waals surface area contributed by atoms with Crippen molar-refractivity contribution < 1.29 is 243 Å². The van der Waals surface area contributed by atoms with E-state index in [2.05, 4.69) is 0 Å². The highest BCUT2D eigenvalue weighted by molar-refractivity contribution is 8.05. The minimum atomic E-state index is -6.96. The second-order valence-electron chi connectivity index (χ2n) is 26.2. The van der Waals surface area contributed by atoms with E-state index in [1.165, 1.54) is 48.5 Å². The van der Waals surface area contributed by atoms with Gasteiger partial charge in [-0.15, -0.1) is 0 Å². The van der Waals surface area contributed by atoms with Crippen LogP contribution in [-0.2, 0) is 152 Å². The number of hydrogen-bond donors (Lipinski definition) is 2. The molecule has 756 valence electrons. The van der Waals surface area contributed by atoms with E-state index >= 15 is 0 Å². The van der Waals surface area contributed by atoms with E-state index < -0.39 is 260 Å². The highest BCUT2D eigenvalue weighted by Crippen LogP contribution is 2.48. The van der Waals surface area contributed by atoms with Crippen LogP contribution in [0, 0.1) is 0 Å². The number of hydrogen-bond acceptors (Lipinski definition) is 22. The summed E-state index contributed by atoms with van der Waals surface area (Å²) in [6.45, 7) is 0. The molecule has 0 aromatic heterocycles. The van der Waals surface area contributed by atoms with Gasteiger partial charge in [0, 0.05) is 0 Å². The third-order valence-electron chi connectivity index (χ3n) is 16.4. The Balaban J connectivity index is 0.000000294. The first kappa shape index (κ1) is 114. The maximum atomic E-state index is 13.3. The van der Waals surface area contributed by atoms with Crippen LogP contribution in [0.5, 0.6) is 23.0 Å². The van der Waals surface area contributed by atoms with Crippen molar-refractivity contribution in [3.8, 4) is 23.0 Å². The van der Waals surface area contributed by atoms with Crippen molar-refractivity contribution in [1.82, 2.24) is 0 Å². The van der Waals surface area contributed by atoms with Crippen LogP contribution in [0.15, 0.2) is 279 Å². The van der Waals surface area contributed by atoms with Crippen LogP contribution < -0.4 is 16.7 Å². The fourth-order valence-electron chi connectivity index (χ4n) is 10.3. The van der Waals surface area contributed by atoms with Gasteiger partial charge in [0.15, 0.2) is 49.6 Å².